The normalized spacial score (nSPS) is 10.0. The van der Waals surface area contributed by atoms with Gasteiger partial charge in [-0.05, 0) is 18.1 Å². The van der Waals surface area contributed by atoms with E-state index in [-0.39, 0.29) is 6.54 Å². The van der Waals surface area contributed by atoms with Gasteiger partial charge in [0.25, 0.3) is 0 Å². The summed E-state index contributed by atoms with van der Waals surface area (Å²) < 4.78 is 0. The molecule has 0 aliphatic heterocycles. The van der Waals surface area contributed by atoms with Crippen LogP contribution in [0.4, 0.5) is 5.69 Å². The molecule has 1 aromatic rings. The number of rotatable bonds is 5. The molecule has 0 aliphatic rings. The smallest absolute Gasteiger partial charge is 0.236 e. The van der Waals surface area contributed by atoms with Crippen molar-refractivity contribution < 1.29 is 4.79 Å². The highest BCUT2D eigenvalue weighted by molar-refractivity contribution is 5.80. The van der Waals surface area contributed by atoms with E-state index in [4.69, 9.17) is 11.0 Å². The quantitative estimate of drug-likeness (QED) is 0.835. The first-order valence-corrected chi connectivity index (χ1v) is 5.57. The summed E-state index contributed by atoms with van der Waals surface area (Å²) in [4.78, 5) is 12.9. The van der Waals surface area contributed by atoms with Gasteiger partial charge in [-0.2, -0.15) is 5.26 Å². The lowest BCUT2D eigenvalue weighted by atomic mass is 10.1. The predicted octanol–water partition coefficient (Wildman–Crippen LogP) is 1.51. The van der Waals surface area contributed by atoms with Gasteiger partial charge in [0.15, 0.2) is 0 Å². The molecular weight excluding hydrogens is 214 g/mol. The van der Waals surface area contributed by atoms with Crippen LogP contribution >= 0.6 is 0 Å². The largest absolute Gasteiger partial charge is 0.368 e. The number of anilines is 1. The molecule has 17 heavy (non-hydrogen) atoms. The summed E-state index contributed by atoms with van der Waals surface area (Å²) >= 11 is 0. The molecule has 1 aromatic carbocycles. The second kappa shape index (κ2) is 5.90. The number of para-hydroxylation sites is 1. The average molecular weight is 231 g/mol. The SMILES string of the molecule is CC(C)CN(CC(N)=O)c1ccccc1C#N. The van der Waals surface area contributed by atoms with E-state index in [1.165, 1.54) is 0 Å². The van der Waals surface area contributed by atoms with E-state index >= 15 is 0 Å². The number of hydrogen-bond acceptors (Lipinski definition) is 3. The van der Waals surface area contributed by atoms with E-state index in [0.717, 1.165) is 5.69 Å². The van der Waals surface area contributed by atoms with Gasteiger partial charge in [0.05, 0.1) is 17.8 Å². The fourth-order valence-electron chi connectivity index (χ4n) is 1.72. The molecular formula is C13H17N3O. The fraction of sp³-hybridized carbons (Fsp3) is 0.385. The van der Waals surface area contributed by atoms with Crippen molar-refractivity contribution in [3.05, 3.63) is 29.8 Å². The lowest BCUT2D eigenvalue weighted by molar-refractivity contribution is -0.116. The highest BCUT2D eigenvalue weighted by Crippen LogP contribution is 2.20. The van der Waals surface area contributed by atoms with Crippen LogP contribution in [0.5, 0.6) is 0 Å². The Morgan fingerprint density at radius 1 is 1.47 bits per heavy atom. The first kappa shape index (κ1) is 13.0. The van der Waals surface area contributed by atoms with E-state index < -0.39 is 5.91 Å². The Morgan fingerprint density at radius 3 is 2.65 bits per heavy atom. The minimum atomic E-state index is -0.390. The second-order valence-corrected chi connectivity index (χ2v) is 4.37. The van der Waals surface area contributed by atoms with Crippen molar-refractivity contribution in [3.8, 4) is 6.07 Å². The van der Waals surface area contributed by atoms with Gasteiger partial charge in [-0.25, -0.2) is 0 Å². The van der Waals surface area contributed by atoms with Crippen LogP contribution in [0.1, 0.15) is 19.4 Å². The minimum absolute atomic E-state index is 0.136. The van der Waals surface area contributed by atoms with Crippen LogP contribution in [-0.2, 0) is 4.79 Å². The van der Waals surface area contributed by atoms with Crippen LogP contribution in [0.3, 0.4) is 0 Å². The third kappa shape index (κ3) is 3.80. The first-order chi connectivity index (χ1) is 8.04. The fourth-order valence-corrected chi connectivity index (χ4v) is 1.72. The average Bonchev–Trinajstić information content (AvgIpc) is 2.27. The van der Waals surface area contributed by atoms with Crippen LogP contribution in [0.2, 0.25) is 0 Å². The summed E-state index contributed by atoms with van der Waals surface area (Å²) in [5, 5.41) is 9.04. The molecule has 90 valence electrons. The number of amides is 1. The summed E-state index contributed by atoms with van der Waals surface area (Å²) in [5.74, 6) is -0.000471. The molecule has 1 amide bonds. The van der Waals surface area contributed by atoms with E-state index in [9.17, 15) is 4.79 Å². The predicted molar refractivity (Wildman–Crippen MR) is 67.4 cm³/mol. The van der Waals surface area contributed by atoms with Gasteiger partial charge in [0, 0.05) is 6.54 Å². The lowest BCUT2D eigenvalue weighted by Crippen LogP contribution is -2.36. The molecule has 4 heteroatoms. The minimum Gasteiger partial charge on any atom is -0.368 e. The summed E-state index contributed by atoms with van der Waals surface area (Å²) in [6.07, 6.45) is 0. The van der Waals surface area contributed by atoms with Crippen LogP contribution < -0.4 is 10.6 Å². The van der Waals surface area contributed by atoms with Crippen molar-refractivity contribution in [3.63, 3.8) is 0 Å². The van der Waals surface area contributed by atoms with Gasteiger partial charge in [0.1, 0.15) is 6.07 Å². The molecule has 4 nitrogen and oxygen atoms in total. The lowest BCUT2D eigenvalue weighted by Gasteiger charge is -2.26. The molecule has 0 radical (unpaired) electrons. The molecule has 0 unspecified atom stereocenters. The Hall–Kier alpha value is -2.02. The van der Waals surface area contributed by atoms with Crippen LogP contribution in [0, 0.1) is 17.2 Å². The molecule has 0 atom stereocenters. The zero-order valence-electron chi connectivity index (χ0n) is 10.2. The molecule has 0 saturated carbocycles. The number of hydrogen-bond donors (Lipinski definition) is 1. The standard InChI is InChI=1S/C13H17N3O/c1-10(2)8-16(9-13(15)17)12-6-4-3-5-11(12)7-14/h3-6,10H,8-9H2,1-2H3,(H2,15,17). The van der Waals surface area contributed by atoms with Crippen LogP contribution in [0.15, 0.2) is 24.3 Å². The van der Waals surface area contributed by atoms with Gasteiger partial charge >= 0.3 is 0 Å². The number of carbonyl (C=O) groups excluding carboxylic acids is 1. The Kier molecular flexibility index (Phi) is 4.53. The summed E-state index contributed by atoms with van der Waals surface area (Å²) in [6.45, 7) is 4.95. The number of benzene rings is 1. The Morgan fingerprint density at radius 2 is 2.12 bits per heavy atom. The van der Waals surface area contributed by atoms with Gasteiger partial charge in [-0.15, -0.1) is 0 Å². The van der Waals surface area contributed by atoms with Crippen molar-refractivity contribution >= 4 is 11.6 Å². The monoisotopic (exact) mass is 231 g/mol. The van der Waals surface area contributed by atoms with Gasteiger partial charge < -0.3 is 10.6 Å². The molecule has 0 spiro atoms. The van der Waals surface area contributed by atoms with Gasteiger partial charge in [-0.3, -0.25) is 4.79 Å². The maximum Gasteiger partial charge on any atom is 0.236 e. The van der Waals surface area contributed by atoms with Gasteiger partial charge in [-0.1, -0.05) is 26.0 Å². The topological polar surface area (TPSA) is 70.1 Å². The molecule has 0 heterocycles. The number of carbonyl (C=O) groups is 1. The Bertz CT molecular complexity index is 435. The maximum absolute atomic E-state index is 11.1. The number of nitrogens with zero attached hydrogens (tertiary/aromatic N) is 2. The Balaban J connectivity index is 3.03. The summed E-state index contributed by atoms with van der Waals surface area (Å²) in [5.41, 5.74) is 6.56. The maximum atomic E-state index is 11.1. The number of primary amides is 1. The number of nitrogens with two attached hydrogens (primary N) is 1. The molecule has 0 aliphatic carbocycles. The van der Waals surface area contributed by atoms with Crippen molar-refractivity contribution in [1.82, 2.24) is 0 Å². The molecule has 0 saturated heterocycles. The highest BCUT2D eigenvalue weighted by Gasteiger charge is 2.14. The van der Waals surface area contributed by atoms with Gasteiger partial charge in [0.2, 0.25) is 5.91 Å². The molecule has 0 bridgehead atoms. The van der Waals surface area contributed by atoms with E-state index in [1.54, 1.807) is 12.1 Å². The number of nitriles is 1. The van der Waals surface area contributed by atoms with Crippen molar-refractivity contribution in [2.75, 3.05) is 18.0 Å². The highest BCUT2D eigenvalue weighted by atomic mass is 16.1. The summed E-state index contributed by atoms with van der Waals surface area (Å²) in [6, 6.07) is 9.36. The zero-order valence-corrected chi connectivity index (χ0v) is 10.2. The van der Waals surface area contributed by atoms with E-state index in [2.05, 4.69) is 19.9 Å². The second-order valence-electron chi connectivity index (χ2n) is 4.37. The molecule has 0 fully saturated rings. The van der Waals surface area contributed by atoms with Crippen LogP contribution in [-0.4, -0.2) is 19.0 Å². The van der Waals surface area contributed by atoms with Crippen molar-refractivity contribution in [2.24, 2.45) is 11.7 Å². The third-order valence-electron chi connectivity index (χ3n) is 2.30. The summed E-state index contributed by atoms with van der Waals surface area (Å²) in [7, 11) is 0. The molecule has 0 aromatic heterocycles. The Labute approximate surface area is 102 Å². The zero-order chi connectivity index (χ0) is 12.8. The third-order valence-corrected chi connectivity index (χ3v) is 2.30. The molecule has 1 rings (SSSR count). The van der Waals surface area contributed by atoms with Crippen molar-refractivity contribution in [2.45, 2.75) is 13.8 Å². The van der Waals surface area contributed by atoms with E-state index in [1.807, 2.05) is 17.0 Å². The van der Waals surface area contributed by atoms with Crippen molar-refractivity contribution in [1.29, 1.82) is 5.26 Å². The first-order valence-electron chi connectivity index (χ1n) is 5.57. The molecule has 2 N–H and O–H groups in total. The van der Waals surface area contributed by atoms with E-state index in [0.29, 0.717) is 18.0 Å². The van der Waals surface area contributed by atoms with Crippen LogP contribution in [0.25, 0.3) is 0 Å².